The Bertz CT molecular complexity index is 488. The first-order valence-electron chi connectivity index (χ1n) is 5.43. The van der Waals surface area contributed by atoms with Crippen molar-refractivity contribution in [3.8, 4) is 0 Å². The monoisotopic (exact) mass is 271 g/mol. The average molecular weight is 271 g/mol. The van der Waals surface area contributed by atoms with Gasteiger partial charge in [-0.25, -0.2) is 13.1 Å². The number of nitrogens with one attached hydrogen (secondary N) is 2. The van der Waals surface area contributed by atoms with E-state index in [2.05, 4.69) is 10.0 Å². The maximum absolute atomic E-state index is 11.4. The molecule has 0 aliphatic carbocycles. The van der Waals surface area contributed by atoms with Gasteiger partial charge in [0.25, 0.3) is 0 Å². The van der Waals surface area contributed by atoms with Gasteiger partial charge in [0, 0.05) is 12.6 Å². The molecule has 0 saturated carbocycles. The van der Waals surface area contributed by atoms with E-state index in [0.717, 1.165) is 5.56 Å². The predicted octanol–water partition coefficient (Wildman–Crippen LogP) is -0.648. The SMILES string of the molecule is CNS(=O)(=O)CC(=O)NCC(N)c1ccccc1. The molecule has 7 heteroatoms. The highest BCUT2D eigenvalue weighted by atomic mass is 32.2. The number of sulfonamides is 1. The molecule has 1 atom stereocenters. The standard InChI is InChI=1S/C11H17N3O3S/c1-13-18(16,17)8-11(15)14-7-10(12)9-5-3-2-4-6-9/h2-6,10,13H,7-8,12H2,1H3,(H,14,15). The zero-order valence-corrected chi connectivity index (χ0v) is 10.9. The van der Waals surface area contributed by atoms with E-state index in [1.54, 1.807) is 0 Å². The molecule has 0 radical (unpaired) electrons. The summed E-state index contributed by atoms with van der Waals surface area (Å²) >= 11 is 0. The summed E-state index contributed by atoms with van der Waals surface area (Å²) < 4.78 is 24.3. The topological polar surface area (TPSA) is 101 Å². The number of nitrogens with two attached hydrogens (primary N) is 1. The number of rotatable bonds is 6. The summed E-state index contributed by atoms with van der Waals surface area (Å²) in [6.07, 6.45) is 0. The smallest absolute Gasteiger partial charge is 0.236 e. The first-order chi connectivity index (χ1) is 8.44. The molecule has 0 aromatic heterocycles. The van der Waals surface area contributed by atoms with Crippen molar-refractivity contribution >= 4 is 15.9 Å². The van der Waals surface area contributed by atoms with Gasteiger partial charge in [0.2, 0.25) is 15.9 Å². The van der Waals surface area contributed by atoms with Crippen LogP contribution >= 0.6 is 0 Å². The lowest BCUT2D eigenvalue weighted by Gasteiger charge is -2.13. The van der Waals surface area contributed by atoms with Crippen LogP contribution in [0.5, 0.6) is 0 Å². The van der Waals surface area contributed by atoms with Crippen LogP contribution in [0.1, 0.15) is 11.6 Å². The van der Waals surface area contributed by atoms with E-state index in [1.807, 2.05) is 30.3 Å². The van der Waals surface area contributed by atoms with Crippen LogP contribution in [0.15, 0.2) is 30.3 Å². The van der Waals surface area contributed by atoms with Gasteiger partial charge in [-0.05, 0) is 12.6 Å². The van der Waals surface area contributed by atoms with Crippen LogP contribution in [0, 0.1) is 0 Å². The Hall–Kier alpha value is -1.44. The summed E-state index contributed by atoms with van der Waals surface area (Å²) in [5.74, 6) is -1.17. The van der Waals surface area contributed by atoms with E-state index in [-0.39, 0.29) is 12.6 Å². The van der Waals surface area contributed by atoms with Gasteiger partial charge in [-0.2, -0.15) is 0 Å². The molecule has 1 aromatic rings. The number of hydrogen-bond acceptors (Lipinski definition) is 4. The molecular weight excluding hydrogens is 254 g/mol. The van der Waals surface area contributed by atoms with Crippen molar-refractivity contribution in [2.24, 2.45) is 5.73 Å². The molecule has 0 fully saturated rings. The summed E-state index contributed by atoms with van der Waals surface area (Å²) in [7, 11) is -2.27. The lowest BCUT2D eigenvalue weighted by atomic mass is 10.1. The first-order valence-corrected chi connectivity index (χ1v) is 7.08. The molecule has 0 spiro atoms. The molecule has 1 aromatic carbocycles. The van der Waals surface area contributed by atoms with Gasteiger partial charge in [-0.15, -0.1) is 0 Å². The van der Waals surface area contributed by atoms with Crippen LogP contribution in [0.4, 0.5) is 0 Å². The highest BCUT2D eigenvalue weighted by molar-refractivity contribution is 7.90. The Balaban J connectivity index is 2.44. The molecule has 18 heavy (non-hydrogen) atoms. The molecular formula is C11H17N3O3S. The molecule has 4 N–H and O–H groups in total. The van der Waals surface area contributed by atoms with Crippen LogP contribution in [-0.2, 0) is 14.8 Å². The summed E-state index contributed by atoms with van der Waals surface area (Å²) in [4.78, 5) is 11.4. The van der Waals surface area contributed by atoms with Crippen molar-refractivity contribution in [2.45, 2.75) is 6.04 Å². The Kier molecular flexibility index (Phi) is 5.26. The summed E-state index contributed by atoms with van der Waals surface area (Å²) in [5.41, 5.74) is 6.74. The van der Waals surface area contributed by atoms with E-state index in [9.17, 15) is 13.2 Å². The van der Waals surface area contributed by atoms with Gasteiger partial charge in [0.1, 0.15) is 5.75 Å². The summed E-state index contributed by atoms with van der Waals surface area (Å²) in [6, 6.07) is 8.91. The summed E-state index contributed by atoms with van der Waals surface area (Å²) in [5, 5.41) is 2.49. The minimum Gasteiger partial charge on any atom is -0.353 e. The van der Waals surface area contributed by atoms with Crippen LogP contribution in [-0.4, -0.2) is 33.7 Å². The lowest BCUT2D eigenvalue weighted by Crippen LogP contribution is -2.38. The second-order valence-electron chi connectivity index (χ2n) is 3.78. The van der Waals surface area contributed by atoms with E-state index in [4.69, 9.17) is 5.73 Å². The highest BCUT2D eigenvalue weighted by Gasteiger charge is 2.15. The molecule has 1 amide bonds. The van der Waals surface area contributed by atoms with Crippen molar-refractivity contribution < 1.29 is 13.2 Å². The minimum absolute atomic E-state index is 0.197. The van der Waals surface area contributed by atoms with Gasteiger partial charge in [-0.1, -0.05) is 30.3 Å². The number of hydrogen-bond donors (Lipinski definition) is 3. The van der Waals surface area contributed by atoms with Gasteiger partial charge < -0.3 is 11.1 Å². The van der Waals surface area contributed by atoms with E-state index >= 15 is 0 Å². The Labute approximate surface area is 107 Å². The third-order valence-electron chi connectivity index (χ3n) is 2.38. The molecule has 0 aliphatic heterocycles. The number of benzene rings is 1. The van der Waals surface area contributed by atoms with Crippen molar-refractivity contribution in [2.75, 3.05) is 19.3 Å². The zero-order valence-electron chi connectivity index (χ0n) is 10.1. The number of amides is 1. The maximum Gasteiger partial charge on any atom is 0.236 e. The zero-order chi connectivity index (χ0) is 13.6. The molecule has 0 bridgehead atoms. The third kappa shape index (κ3) is 4.82. The normalized spacial score (nSPS) is 13.0. The van der Waals surface area contributed by atoms with Crippen molar-refractivity contribution in [3.05, 3.63) is 35.9 Å². The molecule has 0 heterocycles. The fourth-order valence-corrected chi connectivity index (χ4v) is 1.93. The van der Waals surface area contributed by atoms with Gasteiger partial charge in [-0.3, -0.25) is 4.79 Å². The van der Waals surface area contributed by atoms with Gasteiger partial charge >= 0.3 is 0 Å². The van der Waals surface area contributed by atoms with Crippen molar-refractivity contribution in [1.82, 2.24) is 10.0 Å². The number of carbonyl (C=O) groups excluding carboxylic acids is 1. The Morgan fingerprint density at radius 2 is 1.94 bits per heavy atom. The van der Waals surface area contributed by atoms with Gasteiger partial charge in [0.15, 0.2) is 0 Å². The van der Waals surface area contributed by atoms with Crippen LogP contribution < -0.4 is 15.8 Å². The van der Waals surface area contributed by atoms with E-state index < -0.39 is 21.7 Å². The molecule has 1 rings (SSSR count). The van der Waals surface area contributed by atoms with Crippen LogP contribution in [0.3, 0.4) is 0 Å². The van der Waals surface area contributed by atoms with Crippen LogP contribution in [0.2, 0.25) is 0 Å². The highest BCUT2D eigenvalue weighted by Crippen LogP contribution is 2.07. The minimum atomic E-state index is -3.53. The third-order valence-corrected chi connectivity index (χ3v) is 3.64. The second kappa shape index (κ2) is 6.48. The van der Waals surface area contributed by atoms with E-state index in [1.165, 1.54) is 7.05 Å². The van der Waals surface area contributed by atoms with Crippen molar-refractivity contribution in [3.63, 3.8) is 0 Å². The lowest BCUT2D eigenvalue weighted by molar-refractivity contribution is -0.118. The largest absolute Gasteiger partial charge is 0.353 e. The number of carbonyl (C=O) groups is 1. The first kappa shape index (κ1) is 14.6. The van der Waals surface area contributed by atoms with E-state index in [0.29, 0.717) is 0 Å². The molecule has 0 aliphatic rings. The Morgan fingerprint density at radius 1 is 1.33 bits per heavy atom. The quantitative estimate of drug-likeness (QED) is 0.640. The Morgan fingerprint density at radius 3 is 2.50 bits per heavy atom. The summed E-state index contributed by atoms with van der Waals surface area (Å²) in [6.45, 7) is 0.197. The molecule has 100 valence electrons. The van der Waals surface area contributed by atoms with Crippen molar-refractivity contribution in [1.29, 1.82) is 0 Å². The fourth-order valence-electron chi connectivity index (χ4n) is 1.34. The average Bonchev–Trinajstić information content (AvgIpc) is 2.36. The second-order valence-corrected chi connectivity index (χ2v) is 5.71. The predicted molar refractivity (Wildman–Crippen MR) is 69.2 cm³/mol. The maximum atomic E-state index is 11.4. The fraction of sp³-hybridized carbons (Fsp3) is 0.364. The molecule has 6 nitrogen and oxygen atoms in total. The van der Waals surface area contributed by atoms with Crippen LogP contribution in [0.25, 0.3) is 0 Å². The molecule has 0 saturated heterocycles. The van der Waals surface area contributed by atoms with Gasteiger partial charge in [0.05, 0.1) is 0 Å². The molecule has 1 unspecified atom stereocenters.